The predicted molar refractivity (Wildman–Crippen MR) is 39.6 cm³/mol. The van der Waals surface area contributed by atoms with E-state index < -0.39 is 0 Å². The molecule has 0 unspecified atom stereocenters. The van der Waals surface area contributed by atoms with Crippen molar-refractivity contribution in [2.45, 2.75) is 0 Å². The lowest BCUT2D eigenvalue weighted by molar-refractivity contribution is 1.06. The largest absolute Gasteiger partial charge is 0.383 e. The van der Waals surface area contributed by atoms with Crippen molar-refractivity contribution in [1.29, 1.82) is 0 Å². The standard InChI is InChI=1S/C5H6N6/c6-3-2-1-8-11-4(2)10-5(7)9-3/h1H,(H5,6,7,8,9,10,11). The Morgan fingerprint density at radius 2 is 2.18 bits per heavy atom. The zero-order chi connectivity index (χ0) is 7.84. The van der Waals surface area contributed by atoms with E-state index in [-0.39, 0.29) is 5.95 Å². The average molecular weight is 150 g/mol. The number of aromatic amines is 1. The molecule has 0 atom stereocenters. The molecular weight excluding hydrogens is 144 g/mol. The number of rotatable bonds is 0. The molecule has 0 fully saturated rings. The second kappa shape index (κ2) is 1.82. The molecule has 56 valence electrons. The molecule has 6 nitrogen and oxygen atoms in total. The molecule has 0 aromatic heterocycles. The number of nitrogen functional groups attached to an aromatic ring is 2. The zero-order valence-corrected chi connectivity index (χ0v) is 5.57. The van der Waals surface area contributed by atoms with Gasteiger partial charge in [0.2, 0.25) is 5.95 Å². The molecule has 0 radical (unpaired) electrons. The first-order valence-electron chi connectivity index (χ1n) is 3.00. The van der Waals surface area contributed by atoms with E-state index in [1.807, 2.05) is 0 Å². The molecule has 0 aromatic carbocycles. The summed E-state index contributed by atoms with van der Waals surface area (Å²) in [6.07, 6.45) is 1.54. The molecule has 2 aliphatic rings. The molecule has 0 saturated carbocycles. The van der Waals surface area contributed by atoms with Crippen molar-refractivity contribution >= 4 is 11.8 Å². The van der Waals surface area contributed by atoms with Crippen LogP contribution in [0.25, 0.3) is 11.4 Å². The molecule has 0 spiro atoms. The highest BCUT2D eigenvalue weighted by Crippen LogP contribution is 2.21. The maximum absolute atomic E-state index is 5.51. The van der Waals surface area contributed by atoms with Crippen molar-refractivity contribution in [3.8, 4) is 11.4 Å². The van der Waals surface area contributed by atoms with Gasteiger partial charge in [-0.25, -0.2) is 0 Å². The molecule has 0 saturated heterocycles. The molecule has 0 aliphatic carbocycles. The van der Waals surface area contributed by atoms with Gasteiger partial charge >= 0.3 is 0 Å². The van der Waals surface area contributed by atoms with E-state index in [1.165, 1.54) is 6.20 Å². The molecule has 5 N–H and O–H groups in total. The summed E-state index contributed by atoms with van der Waals surface area (Å²) in [7, 11) is 0. The summed E-state index contributed by atoms with van der Waals surface area (Å²) in [4.78, 5) is 6.52. The number of nitrogens with two attached hydrogens (primary N) is 2. The maximum atomic E-state index is 5.51. The van der Waals surface area contributed by atoms with Gasteiger partial charge in [0.15, 0.2) is 5.82 Å². The minimum atomic E-state index is 0.246. The summed E-state index contributed by atoms with van der Waals surface area (Å²) in [6, 6.07) is 0. The van der Waals surface area contributed by atoms with Crippen LogP contribution in [0.4, 0.5) is 11.8 Å². The Hall–Kier alpha value is -1.85. The first-order chi connectivity index (χ1) is 5.27. The van der Waals surface area contributed by atoms with E-state index in [2.05, 4.69) is 20.2 Å². The monoisotopic (exact) mass is 150 g/mol. The number of nitrogens with one attached hydrogen (secondary N) is 1. The molecule has 6 heteroatoms. The van der Waals surface area contributed by atoms with Crippen LogP contribution in [0.1, 0.15) is 0 Å². The van der Waals surface area contributed by atoms with Crippen molar-refractivity contribution in [3.05, 3.63) is 6.20 Å². The molecule has 2 heterocycles. The molecule has 11 heavy (non-hydrogen) atoms. The maximum Gasteiger partial charge on any atom is 0.201 e. The first kappa shape index (κ1) is 5.90. The van der Waals surface area contributed by atoms with Crippen LogP contribution in [0.15, 0.2) is 6.20 Å². The molecule has 0 amide bonds. The molecule has 2 aliphatic heterocycles. The van der Waals surface area contributed by atoms with Crippen LogP contribution in [-0.4, -0.2) is 20.2 Å². The van der Waals surface area contributed by atoms with Crippen molar-refractivity contribution in [2.24, 2.45) is 0 Å². The number of anilines is 2. The van der Waals surface area contributed by atoms with Crippen LogP contribution in [0.3, 0.4) is 0 Å². The van der Waals surface area contributed by atoms with Crippen LogP contribution in [0.2, 0.25) is 0 Å². The normalized spacial score (nSPS) is 10.5. The number of aromatic nitrogens is 4. The summed E-state index contributed by atoms with van der Waals surface area (Å²) >= 11 is 0. The molecule has 0 aromatic rings. The van der Waals surface area contributed by atoms with Gasteiger partial charge in [-0.3, -0.25) is 0 Å². The lowest BCUT2D eigenvalue weighted by Crippen LogP contribution is -2.02. The lowest BCUT2D eigenvalue weighted by atomic mass is 10.3. The van der Waals surface area contributed by atoms with Gasteiger partial charge in [0.25, 0.3) is 0 Å². The van der Waals surface area contributed by atoms with E-state index in [0.29, 0.717) is 17.2 Å². The topological polar surface area (TPSA) is 106 Å². The van der Waals surface area contributed by atoms with Crippen LogP contribution >= 0.6 is 0 Å². The Kier molecular flexibility index (Phi) is 0.974. The third kappa shape index (κ3) is 0.759. The van der Waals surface area contributed by atoms with Crippen LogP contribution < -0.4 is 11.5 Å². The Labute approximate surface area is 62.0 Å². The van der Waals surface area contributed by atoms with Crippen molar-refractivity contribution < 1.29 is 0 Å². The van der Waals surface area contributed by atoms with E-state index in [4.69, 9.17) is 11.5 Å². The summed E-state index contributed by atoms with van der Waals surface area (Å²) in [5.74, 6) is 1.16. The minimum Gasteiger partial charge on any atom is -0.383 e. The second-order valence-corrected chi connectivity index (χ2v) is 2.11. The van der Waals surface area contributed by atoms with Gasteiger partial charge in [-0.1, -0.05) is 0 Å². The number of fused-ring (bicyclic) bond motifs is 1. The fourth-order valence-corrected chi connectivity index (χ4v) is 0.878. The SMILES string of the molecule is Nc1nc(N)c2cnnc-2[nH]1. The van der Waals surface area contributed by atoms with E-state index in [1.54, 1.807) is 0 Å². The number of hydrogen-bond donors (Lipinski definition) is 3. The highest BCUT2D eigenvalue weighted by Gasteiger charge is 2.10. The van der Waals surface area contributed by atoms with Crippen LogP contribution in [-0.2, 0) is 0 Å². The average Bonchev–Trinajstić information content (AvgIpc) is 2.34. The Morgan fingerprint density at radius 3 is 3.00 bits per heavy atom. The Morgan fingerprint density at radius 1 is 1.36 bits per heavy atom. The van der Waals surface area contributed by atoms with E-state index in [0.717, 1.165) is 0 Å². The molecule has 0 bridgehead atoms. The van der Waals surface area contributed by atoms with Gasteiger partial charge in [0.05, 0.1) is 11.8 Å². The van der Waals surface area contributed by atoms with Gasteiger partial charge in [-0.05, 0) is 0 Å². The van der Waals surface area contributed by atoms with Crippen molar-refractivity contribution in [2.75, 3.05) is 11.5 Å². The minimum absolute atomic E-state index is 0.246. The second-order valence-electron chi connectivity index (χ2n) is 2.11. The Balaban J connectivity index is 2.79. The summed E-state index contributed by atoms with van der Waals surface area (Å²) in [5.41, 5.74) is 11.6. The highest BCUT2D eigenvalue weighted by molar-refractivity contribution is 5.69. The fraction of sp³-hybridized carbons (Fsp3) is 0. The molecule has 2 rings (SSSR count). The van der Waals surface area contributed by atoms with Gasteiger partial charge in [-0.15, -0.1) is 5.10 Å². The number of hydrogen-bond acceptors (Lipinski definition) is 5. The van der Waals surface area contributed by atoms with E-state index >= 15 is 0 Å². The van der Waals surface area contributed by atoms with Gasteiger partial charge in [0, 0.05) is 0 Å². The lowest BCUT2D eigenvalue weighted by Gasteiger charge is -2.00. The van der Waals surface area contributed by atoms with Gasteiger partial charge in [-0.2, -0.15) is 10.1 Å². The first-order valence-corrected chi connectivity index (χ1v) is 3.00. The smallest absolute Gasteiger partial charge is 0.201 e. The summed E-state index contributed by atoms with van der Waals surface area (Å²) in [5, 5.41) is 7.38. The Bertz CT molecular complexity index is 352. The zero-order valence-electron chi connectivity index (χ0n) is 5.57. The predicted octanol–water partition coefficient (Wildman–Crippen LogP) is -0.531. The van der Waals surface area contributed by atoms with E-state index in [9.17, 15) is 0 Å². The van der Waals surface area contributed by atoms with Crippen LogP contribution in [0.5, 0.6) is 0 Å². The quantitative estimate of drug-likeness (QED) is 0.468. The number of nitrogens with zero attached hydrogens (tertiary/aromatic N) is 3. The fourth-order valence-electron chi connectivity index (χ4n) is 0.878. The number of H-pyrrole nitrogens is 1. The van der Waals surface area contributed by atoms with Crippen LogP contribution in [0, 0.1) is 0 Å². The molecular formula is C5H6N6. The summed E-state index contributed by atoms with van der Waals surface area (Å²) in [6.45, 7) is 0. The third-order valence-electron chi connectivity index (χ3n) is 1.36. The van der Waals surface area contributed by atoms with Gasteiger partial charge in [0.1, 0.15) is 5.82 Å². The van der Waals surface area contributed by atoms with Gasteiger partial charge < -0.3 is 16.5 Å². The van der Waals surface area contributed by atoms with Crippen molar-refractivity contribution in [3.63, 3.8) is 0 Å². The van der Waals surface area contributed by atoms with Crippen molar-refractivity contribution in [1.82, 2.24) is 20.2 Å². The summed E-state index contributed by atoms with van der Waals surface area (Å²) < 4.78 is 0. The highest BCUT2D eigenvalue weighted by atomic mass is 15.2. The third-order valence-corrected chi connectivity index (χ3v) is 1.36.